The Morgan fingerprint density at radius 2 is 2.10 bits per heavy atom. The molecular weight excluding hydrogens is 405 g/mol. The molecule has 30 heavy (non-hydrogen) atoms. The molecule has 1 atom stereocenters. The van der Waals surface area contributed by atoms with Crippen LogP contribution in [0.3, 0.4) is 0 Å². The summed E-state index contributed by atoms with van der Waals surface area (Å²) in [5, 5.41) is 12.6. The van der Waals surface area contributed by atoms with Gasteiger partial charge in [0.2, 0.25) is 5.91 Å². The van der Waals surface area contributed by atoms with E-state index < -0.39 is 11.8 Å². The van der Waals surface area contributed by atoms with Crippen molar-refractivity contribution in [3.05, 3.63) is 82.3 Å². The van der Waals surface area contributed by atoms with E-state index in [1.165, 1.54) is 18.2 Å². The fraction of sp³-hybridized carbons (Fsp3) is 0.130. The first-order chi connectivity index (χ1) is 14.5. The van der Waals surface area contributed by atoms with Gasteiger partial charge in [0.05, 0.1) is 5.69 Å². The minimum Gasteiger partial charge on any atom is -0.490 e. The first-order valence-corrected chi connectivity index (χ1v) is 10.1. The Hall–Kier alpha value is -3.45. The fourth-order valence-corrected chi connectivity index (χ4v) is 4.85. The number of aromatic carboxylic acids is 1. The predicted octanol–water partition coefficient (Wildman–Crippen LogP) is 5.29. The Kier molecular flexibility index (Phi) is 5.37. The molecule has 1 amide bonds. The maximum atomic E-state index is 13.8. The number of hydrogen-bond acceptors (Lipinski definition) is 4. The number of anilines is 1. The average molecular weight is 423 g/mol. The molecule has 0 unspecified atom stereocenters. The van der Waals surface area contributed by atoms with Gasteiger partial charge in [0, 0.05) is 22.8 Å². The van der Waals surface area contributed by atoms with Crippen molar-refractivity contribution in [3.8, 4) is 16.9 Å². The van der Waals surface area contributed by atoms with Crippen molar-refractivity contribution < 1.29 is 23.8 Å². The van der Waals surface area contributed by atoms with Crippen LogP contribution in [0.15, 0.2) is 61.2 Å². The van der Waals surface area contributed by atoms with E-state index >= 15 is 0 Å². The maximum absolute atomic E-state index is 13.8. The third-order valence-electron chi connectivity index (χ3n) is 4.84. The largest absolute Gasteiger partial charge is 0.490 e. The summed E-state index contributed by atoms with van der Waals surface area (Å²) in [6.45, 7) is 3.99. The van der Waals surface area contributed by atoms with E-state index in [0.717, 1.165) is 21.8 Å². The molecule has 0 saturated carbocycles. The lowest BCUT2D eigenvalue weighted by Crippen LogP contribution is -2.22. The van der Waals surface area contributed by atoms with Crippen LogP contribution in [0.4, 0.5) is 10.1 Å². The first-order valence-electron chi connectivity index (χ1n) is 9.27. The lowest BCUT2D eigenvalue weighted by Gasteiger charge is -2.24. The van der Waals surface area contributed by atoms with Crippen LogP contribution in [0.1, 0.15) is 32.5 Å². The minimum absolute atomic E-state index is 0.0665. The summed E-state index contributed by atoms with van der Waals surface area (Å²) in [5.74, 6) is -1.51. The van der Waals surface area contributed by atoms with Gasteiger partial charge in [-0.3, -0.25) is 4.79 Å². The van der Waals surface area contributed by atoms with Crippen LogP contribution in [-0.2, 0) is 4.79 Å². The molecule has 0 spiro atoms. The third kappa shape index (κ3) is 3.71. The first kappa shape index (κ1) is 19.8. The molecule has 0 fully saturated rings. The smallest absolute Gasteiger partial charge is 0.346 e. The molecule has 152 valence electrons. The number of benzene rings is 2. The van der Waals surface area contributed by atoms with E-state index in [2.05, 4.69) is 11.9 Å². The zero-order valence-electron chi connectivity index (χ0n) is 15.9. The number of ether oxygens (including phenoxy) is 1. The van der Waals surface area contributed by atoms with Crippen LogP contribution in [0.5, 0.6) is 5.75 Å². The topological polar surface area (TPSA) is 75.6 Å². The Balaban J connectivity index is 1.86. The van der Waals surface area contributed by atoms with Crippen molar-refractivity contribution in [2.75, 3.05) is 11.9 Å². The van der Waals surface area contributed by atoms with E-state index in [9.17, 15) is 19.1 Å². The standard InChI is InChI=1S/C23H18FNO4S/c1-2-9-29-16-8-4-5-13(11-16)17-12-18(26)25-20-19(14-6-3-7-15(24)10-14)22(23(27)28)30-21(17)20/h2-8,10-11,17H,1,9,12H2,(H,25,26)(H,27,28)/t17-/m0/s1. The van der Waals surface area contributed by atoms with Gasteiger partial charge in [-0.1, -0.05) is 36.9 Å². The zero-order chi connectivity index (χ0) is 21.3. The number of nitrogens with one attached hydrogen (secondary N) is 1. The molecule has 3 aromatic rings. The SMILES string of the molecule is C=CCOc1cccc([C@@H]2CC(=O)Nc3c2sc(C(=O)O)c3-c2cccc(F)c2)c1. The van der Waals surface area contributed by atoms with Gasteiger partial charge in [-0.05, 0) is 35.4 Å². The molecule has 7 heteroatoms. The van der Waals surface area contributed by atoms with Gasteiger partial charge in [-0.2, -0.15) is 0 Å². The highest BCUT2D eigenvalue weighted by Crippen LogP contribution is 2.49. The van der Waals surface area contributed by atoms with Gasteiger partial charge in [-0.15, -0.1) is 11.3 Å². The molecule has 2 heterocycles. The quantitative estimate of drug-likeness (QED) is 0.528. The highest BCUT2D eigenvalue weighted by molar-refractivity contribution is 7.15. The molecule has 0 aliphatic carbocycles. The molecular formula is C23H18FNO4S. The van der Waals surface area contributed by atoms with Crippen LogP contribution in [-0.4, -0.2) is 23.6 Å². The molecule has 1 aromatic heterocycles. The molecule has 1 aliphatic heterocycles. The molecule has 1 aliphatic rings. The Labute approximate surface area is 176 Å². The molecule has 5 nitrogen and oxygen atoms in total. The molecule has 2 N–H and O–H groups in total. The number of amides is 1. The summed E-state index contributed by atoms with van der Waals surface area (Å²) in [5.41, 5.74) is 2.02. The number of rotatable bonds is 6. The summed E-state index contributed by atoms with van der Waals surface area (Å²) in [4.78, 5) is 25.3. The monoisotopic (exact) mass is 423 g/mol. The van der Waals surface area contributed by atoms with E-state index in [1.807, 2.05) is 24.3 Å². The average Bonchev–Trinajstić information content (AvgIpc) is 3.11. The van der Waals surface area contributed by atoms with E-state index in [4.69, 9.17) is 4.74 Å². The number of fused-ring (bicyclic) bond motifs is 1. The van der Waals surface area contributed by atoms with Crippen molar-refractivity contribution >= 4 is 28.9 Å². The maximum Gasteiger partial charge on any atom is 0.346 e. The molecule has 2 aromatic carbocycles. The van der Waals surface area contributed by atoms with Gasteiger partial charge < -0.3 is 15.2 Å². The van der Waals surface area contributed by atoms with Crippen LogP contribution in [0.25, 0.3) is 11.1 Å². The summed E-state index contributed by atoms with van der Waals surface area (Å²) < 4.78 is 19.4. The predicted molar refractivity (Wildman–Crippen MR) is 114 cm³/mol. The normalized spacial score (nSPS) is 15.2. The van der Waals surface area contributed by atoms with E-state index in [0.29, 0.717) is 29.2 Å². The Morgan fingerprint density at radius 3 is 2.83 bits per heavy atom. The Bertz CT molecular complexity index is 1150. The molecule has 0 bridgehead atoms. The van der Waals surface area contributed by atoms with Crippen molar-refractivity contribution in [1.82, 2.24) is 0 Å². The number of carbonyl (C=O) groups is 2. The fourth-order valence-electron chi connectivity index (χ4n) is 3.60. The van der Waals surface area contributed by atoms with Gasteiger partial charge in [0.15, 0.2) is 0 Å². The minimum atomic E-state index is -1.12. The summed E-state index contributed by atoms with van der Waals surface area (Å²) in [6, 6.07) is 13.1. The molecule has 4 rings (SSSR count). The second-order valence-corrected chi connectivity index (χ2v) is 7.89. The van der Waals surface area contributed by atoms with E-state index in [-0.39, 0.29) is 23.1 Å². The zero-order valence-corrected chi connectivity index (χ0v) is 16.7. The lowest BCUT2D eigenvalue weighted by molar-refractivity contribution is -0.116. The summed E-state index contributed by atoms with van der Waals surface area (Å²) >= 11 is 1.11. The highest BCUT2D eigenvalue weighted by Gasteiger charge is 2.34. The number of halogens is 1. The van der Waals surface area contributed by atoms with Gasteiger partial charge in [-0.25, -0.2) is 9.18 Å². The summed E-state index contributed by atoms with van der Waals surface area (Å²) in [7, 11) is 0. The van der Waals surface area contributed by atoms with E-state index in [1.54, 1.807) is 12.1 Å². The highest BCUT2D eigenvalue weighted by atomic mass is 32.1. The second kappa shape index (κ2) is 8.12. The van der Waals surface area contributed by atoms with Crippen LogP contribution in [0, 0.1) is 5.82 Å². The number of thiophene rings is 1. The second-order valence-electron chi connectivity index (χ2n) is 6.84. The number of carboxylic acids is 1. The lowest BCUT2D eigenvalue weighted by atomic mass is 9.88. The number of carboxylic acid groups (broad SMARTS) is 1. The Morgan fingerprint density at radius 1 is 1.30 bits per heavy atom. The molecule has 0 radical (unpaired) electrons. The van der Waals surface area contributed by atoms with Gasteiger partial charge >= 0.3 is 5.97 Å². The van der Waals surface area contributed by atoms with Crippen molar-refractivity contribution in [1.29, 1.82) is 0 Å². The van der Waals surface area contributed by atoms with Crippen LogP contribution >= 0.6 is 11.3 Å². The summed E-state index contributed by atoms with van der Waals surface area (Å²) in [6.07, 6.45) is 1.82. The van der Waals surface area contributed by atoms with Crippen LogP contribution in [0.2, 0.25) is 0 Å². The number of hydrogen-bond donors (Lipinski definition) is 2. The number of carbonyl (C=O) groups excluding carboxylic acids is 1. The van der Waals surface area contributed by atoms with Crippen molar-refractivity contribution in [2.45, 2.75) is 12.3 Å². The third-order valence-corrected chi connectivity index (χ3v) is 6.13. The van der Waals surface area contributed by atoms with Crippen molar-refractivity contribution in [3.63, 3.8) is 0 Å². The van der Waals surface area contributed by atoms with Gasteiger partial charge in [0.1, 0.15) is 23.1 Å². The van der Waals surface area contributed by atoms with Crippen molar-refractivity contribution in [2.24, 2.45) is 0 Å². The molecule has 0 saturated heterocycles. The van der Waals surface area contributed by atoms with Crippen LogP contribution < -0.4 is 10.1 Å². The van der Waals surface area contributed by atoms with Gasteiger partial charge in [0.25, 0.3) is 0 Å².